The van der Waals surface area contributed by atoms with Crippen molar-refractivity contribution in [1.82, 2.24) is 9.88 Å². The van der Waals surface area contributed by atoms with Gasteiger partial charge in [0.2, 0.25) is 0 Å². The summed E-state index contributed by atoms with van der Waals surface area (Å²) in [5.41, 5.74) is 1.40. The first-order valence-corrected chi connectivity index (χ1v) is 7.79. The van der Waals surface area contributed by atoms with Crippen molar-refractivity contribution in [3.8, 4) is 0 Å². The fourth-order valence-electron chi connectivity index (χ4n) is 3.84. The smallest absolute Gasteiger partial charge is 0.126 e. The number of hydrogen-bond donors (Lipinski definition) is 1. The van der Waals surface area contributed by atoms with Crippen LogP contribution < -0.4 is 5.32 Å². The molecule has 2 atom stereocenters. The third kappa shape index (κ3) is 2.92. The van der Waals surface area contributed by atoms with Crippen molar-refractivity contribution in [1.29, 1.82) is 0 Å². The highest BCUT2D eigenvalue weighted by Crippen LogP contribution is 2.37. The average molecular weight is 259 g/mol. The van der Waals surface area contributed by atoms with Gasteiger partial charge in [0, 0.05) is 25.3 Å². The zero-order valence-corrected chi connectivity index (χ0v) is 11.9. The second-order valence-electron chi connectivity index (χ2n) is 5.95. The van der Waals surface area contributed by atoms with E-state index in [1.165, 1.54) is 44.2 Å². The van der Waals surface area contributed by atoms with Gasteiger partial charge in [-0.1, -0.05) is 6.42 Å². The van der Waals surface area contributed by atoms with E-state index in [0.717, 1.165) is 30.9 Å². The van der Waals surface area contributed by atoms with Crippen LogP contribution >= 0.6 is 0 Å². The Kier molecular flexibility index (Phi) is 4.02. The van der Waals surface area contributed by atoms with Crippen LogP contribution in [0.5, 0.6) is 0 Å². The molecule has 3 heteroatoms. The van der Waals surface area contributed by atoms with E-state index >= 15 is 0 Å². The molecule has 0 aromatic carbocycles. The van der Waals surface area contributed by atoms with E-state index in [1.807, 2.05) is 6.20 Å². The lowest BCUT2D eigenvalue weighted by molar-refractivity contribution is 0.106. The SMILES string of the molecule is CCNc1cc(CN2CCCC3CCCC32)ccn1. The van der Waals surface area contributed by atoms with Crippen molar-refractivity contribution in [2.45, 2.75) is 51.6 Å². The van der Waals surface area contributed by atoms with Crippen LogP contribution in [0, 0.1) is 5.92 Å². The zero-order chi connectivity index (χ0) is 13.1. The Bertz CT molecular complexity index is 418. The monoisotopic (exact) mass is 259 g/mol. The van der Waals surface area contributed by atoms with Crippen LogP contribution in [0.15, 0.2) is 18.3 Å². The average Bonchev–Trinajstić information content (AvgIpc) is 2.89. The molecule has 1 saturated carbocycles. The number of nitrogens with zero attached hydrogens (tertiary/aromatic N) is 2. The molecule has 2 fully saturated rings. The summed E-state index contributed by atoms with van der Waals surface area (Å²) in [6.07, 6.45) is 9.08. The van der Waals surface area contributed by atoms with E-state index in [4.69, 9.17) is 0 Å². The first-order valence-electron chi connectivity index (χ1n) is 7.79. The largest absolute Gasteiger partial charge is 0.370 e. The van der Waals surface area contributed by atoms with Crippen molar-refractivity contribution in [3.05, 3.63) is 23.9 Å². The molecule has 1 aliphatic carbocycles. The molecular weight excluding hydrogens is 234 g/mol. The minimum atomic E-state index is 0.851. The molecule has 3 rings (SSSR count). The molecule has 1 aromatic heterocycles. The Labute approximate surface area is 116 Å². The summed E-state index contributed by atoms with van der Waals surface area (Å²) in [4.78, 5) is 7.07. The van der Waals surface area contributed by atoms with E-state index in [2.05, 4.69) is 34.3 Å². The summed E-state index contributed by atoms with van der Waals surface area (Å²) in [5, 5.41) is 3.30. The van der Waals surface area contributed by atoms with E-state index < -0.39 is 0 Å². The number of fused-ring (bicyclic) bond motifs is 1. The number of nitrogens with one attached hydrogen (secondary N) is 1. The van der Waals surface area contributed by atoms with Crippen LogP contribution in [0.1, 0.15) is 44.6 Å². The molecule has 1 saturated heterocycles. The van der Waals surface area contributed by atoms with Gasteiger partial charge in [0.05, 0.1) is 0 Å². The van der Waals surface area contributed by atoms with E-state index in [-0.39, 0.29) is 0 Å². The van der Waals surface area contributed by atoms with Gasteiger partial charge in [0.15, 0.2) is 0 Å². The number of hydrogen-bond acceptors (Lipinski definition) is 3. The summed E-state index contributed by atoms with van der Waals surface area (Å²) >= 11 is 0. The zero-order valence-electron chi connectivity index (χ0n) is 11.9. The first-order chi connectivity index (χ1) is 9.36. The third-order valence-electron chi connectivity index (χ3n) is 4.68. The summed E-state index contributed by atoms with van der Waals surface area (Å²) < 4.78 is 0. The van der Waals surface area contributed by atoms with Gasteiger partial charge < -0.3 is 5.32 Å². The maximum Gasteiger partial charge on any atom is 0.126 e. The molecule has 1 aliphatic heterocycles. The number of likely N-dealkylation sites (tertiary alicyclic amines) is 1. The second-order valence-corrected chi connectivity index (χ2v) is 5.95. The van der Waals surface area contributed by atoms with Crippen LogP contribution in [-0.4, -0.2) is 29.0 Å². The Morgan fingerprint density at radius 1 is 1.32 bits per heavy atom. The maximum atomic E-state index is 4.36. The summed E-state index contributed by atoms with van der Waals surface area (Å²) in [5.74, 6) is 1.99. The predicted molar refractivity (Wildman–Crippen MR) is 79.2 cm³/mol. The lowest BCUT2D eigenvalue weighted by Gasteiger charge is -2.37. The van der Waals surface area contributed by atoms with Gasteiger partial charge in [-0.2, -0.15) is 0 Å². The fraction of sp³-hybridized carbons (Fsp3) is 0.688. The third-order valence-corrected chi connectivity index (χ3v) is 4.68. The lowest BCUT2D eigenvalue weighted by atomic mass is 9.91. The molecule has 1 aromatic rings. The standard InChI is InChI=1S/C16H25N3/c1-2-17-16-11-13(8-9-18-16)12-19-10-4-6-14-5-3-7-15(14)19/h8-9,11,14-15H,2-7,10,12H2,1H3,(H,17,18). The predicted octanol–water partition coefficient (Wildman–Crippen LogP) is 3.28. The topological polar surface area (TPSA) is 28.2 Å². The molecule has 2 unspecified atom stereocenters. The highest BCUT2D eigenvalue weighted by Gasteiger charge is 2.34. The van der Waals surface area contributed by atoms with Crippen LogP contribution in [0.3, 0.4) is 0 Å². The Hall–Kier alpha value is -1.09. The lowest BCUT2D eigenvalue weighted by Crippen LogP contribution is -2.41. The van der Waals surface area contributed by atoms with Gasteiger partial charge in [-0.25, -0.2) is 4.98 Å². The molecule has 0 radical (unpaired) electrons. The van der Waals surface area contributed by atoms with Crippen molar-refractivity contribution in [2.75, 3.05) is 18.4 Å². The molecule has 0 amide bonds. The Morgan fingerprint density at radius 3 is 3.11 bits per heavy atom. The summed E-state index contributed by atoms with van der Waals surface area (Å²) in [7, 11) is 0. The van der Waals surface area contributed by atoms with E-state index in [1.54, 1.807) is 0 Å². The molecular formula is C16H25N3. The van der Waals surface area contributed by atoms with Gasteiger partial charge in [-0.05, 0) is 62.8 Å². The van der Waals surface area contributed by atoms with Gasteiger partial charge in [-0.3, -0.25) is 4.90 Å². The van der Waals surface area contributed by atoms with Crippen molar-refractivity contribution < 1.29 is 0 Å². The highest BCUT2D eigenvalue weighted by molar-refractivity contribution is 5.37. The number of rotatable bonds is 4. The van der Waals surface area contributed by atoms with Gasteiger partial charge in [0.1, 0.15) is 5.82 Å². The quantitative estimate of drug-likeness (QED) is 0.899. The van der Waals surface area contributed by atoms with Gasteiger partial charge in [0.25, 0.3) is 0 Å². The molecule has 19 heavy (non-hydrogen) atoms. The van der Waals surface area contributed by atoms with Crippen molar-refractivity contribution in [2.24, 2.45) is 5.92 Å². The van der Waals surface area contributed by atoms with E-state index in [9.17, 15) is 0 Å². The minimum Gasteiger partial charge on any atom is -0.370 e. The van der Waals surface area contributed by atoms with Crippen LogP contribution in [0.4, 0.5) is 5.82 Å². The van der Waals surface area contributed by atoms with Crippen LogP contribution in [0.25, 0.3) is 0 Å². The molecule has 3 nitrogen and oxygen atoms in total. The van der Waals surface area contributed by atoms with Gasteiger partial charge >= 0.3 is 0 Å². The molecule has 0 bridgehead atoms. The van der Waals surface area contributed by atoms with E-state index in [0.29, 0.717) is 0 Å². The highest BCUT2D eigenvalue weighted by atomic mass is 15.2. The number of piperidine rings is 1. The molecule has 2 heterocycles. The van der Waals surface area contributed by atoms with Crippen molar-refractivity contribution >= 4 is 5.82 Å². The summed E-state index contributed by atoms with van der Waals surface area (Å²) in [6.45, 7) is 5.43. The normalized spacial score (nSPS) is 27.2. The maximum absolute atomic E-state index is 4.36. The minimum absolute atomic E-state index is 0.851. The molecule has 104 valence electrons. The fourth-order valence-corrected chi connectivity index (χ4v) is 3.84. The van der Waals surface area contributed by atoms with Crippen LogP contribution in [0.2, 0.25) is 0 Å². The number of pyridine rings is 1. The van der Waals surface area contributed by atoms with Gasteiger partial charge in [-0.15, -0.1) is 0 Å². The molecule has 1 N–H and O–H groups in total. The Balaban J connectivity index is 1.68. The van der Waals surface area contributed by atoms with Crippen molar-refractivity contribution in [3.63, 3.8) is 0 Å². The van der Waals surface area contributed by atoms with Crippen LogP contribution in [-0.2, 0) is 6.54 Å². The number of aromatic nitrogens is 1. The number of anilines is 1. The first kappa shape index (κ1) is 12.9. The summed E-state index contributed by atoms with van der Waals surface area (Å²) in [6, 6.07) is 5.23. The second kappa shape index (κ2) is 5.91. The Morgan fingerprint density at radius 2 is 2.21 bits per heavy atom. The molecule has 2 aliphatic rings. The molecule has 0 spiro atoms.